The molecule has 2 heterocycles. The zero-order chi connectivity index (χ0) is 24.1. The van der Waals surface area contributed by atoms with E-state index in [2.05, 4.69) is 11.7 Å². The number of nitrogens with zero attached hydrogens (tertiary/aromatic N) is 2. The highest BCUT2D eigenvalue weighted by Gasteiger charge is 2.15. The third kappa shape index (κ3) is 6.94. The quantitative estimate of drug-likeness (QED) is 0.255. The fourth-order valence-corrected chi connectivity index (χ4v) is 2.40. The van der Waals surface area contributed by atoms with E-state index in [1.807, 2.05) is 13.8 Å². The largest absolute Gasteiger partial charge is 0.435 e. The molecule has 0 N–H and O–H groups in total. The van der Waals surface area contributed by atoms with E-state index in [1.54, 1.807) is 0 Å². The second kappa shape index (κ2) is 13.6. The van der Waals surface area contributed by atoms with Crippen LogP contribution in [0.5, 0.6) is 5.88 Å². The third-order valence-electron chi connectivity index (χ3n) is 3.79. The highest BCUT2D eigenvalue weighted by atomic mass is 19.1. The molecule has 2 aromatic heterocycles. The zero-order valence-corrected chi connectivity index (χ0v) is 18.0. The summed E-state index contributed by atoms with van der Waals surface area (Å²) in [5, 5.41) is 4.12. The fraction of sp³-hybridized carbons (Fsp3) is 0.167. The summed E-state index contributed by atoms with van der Waals surface area (Å²) < 4.78 is 59.2. The monoisotopic (exact) mass is 448 g/mol. The Morgan fingerprint density at radius 3 is 2.50 bits per heavy atom. The lowest BCUT2D eigenvalue weighted by atomic mass is 10.0. The topological polar surface area (TPSA) is 43.6 Å². The van der Waals surface area contributed by atoms with Crippen molar-refractivity contribution in [1.82, 2.24) is 9.61 Å². The van der Waals surface area contributed by atoms with Crippen molar-refractivity contribution in [2.45, 2.75) is 20.8 Å². The molecule has 0 aliphatic carbocycles. The first-order valence-corrected chi connectivity index (χ1v) is 9.70. The van der Waals surface area contributed by atoms with Crippen molar-refractivity contribution in [3.8, 4) is 5.88 Å². The molecule has 0 unspecified atom stereocenters. The second-order valence-corrected chi connectivity index (χ2v) is 5.72. The van der Waals surface area contributed by atoms with Gasteiger partial charge in [0.1, 0.15) is 12.5 Å². The van der Waals surface area contributed by atoms with Crippen molar-refractivity contribution >= 4 is 11.1 Å². The number of halogens is 4. The van der Waals surface area contributed by atoms with Gasteiger partial charge in [-0.25, -0.2) is 22.1 Å². The molecule has 0 amide bonds. The molecule has 0 fully saturated rings. The summed E-state index contributed by atoms with van der Waals surface area (Å²) in [5.41, 5.74) is -0.527. The molecule has 170 valence electrons. The number of rotatable bonds is 8. The first-order valence-electron chi connectivity index (χ1n) is 9.70. The molecule has 0 spiro atoms. The van der Waals surface area contributed by atoms with E-state index in [4.69, 9.17) is 4.74 Å². The molecule has 0 saturated carbocycles. The average Bonchev–Trinajstić information content (AvgIpc) is 2.82. The Bertz CT molecular complexity index is 1140. The van der Waals surface area contributed by atoms with E-state index in [9.17, 15) is 22.4 Å². The maximum absolute atomic E-state index is 14.3. The van der Waals surface area contributed by atoms with E-state index >= 15 is 0 Å². The molecule has 2 rings (SSSR count). The Kier molecular flexibility index (Phi) is 11.2. The highest BCUT2D eigenvalue weighted by Crippen LogP contribution is 2.25. The molecule has 2 aromatic rings. The van der Waals surface area contributed by atoms with Crippen LogP contribution in [0.3, 0.4) is 0 Å². The van der Waals surface area contributed by atoms with Crippen LogP contribution in [-0.2, 0) is 0 Å². The lowest BCUT2D eigenvalue weighted by Gasteiger charge is -2.11. The predicted octanol–water partition coefficient (Wildman–Crippen LogP) is 6.73. The normalized spacial score (nSPS) is 12.9. The van der Waals surface area contributed by atoms with Crippen molar-refractivity contribution in [2.24, 2.45) is 0 Å². The van der Waals surface area contributed by atoms with Gasteiger partial charge in [0.2, 0.25) is 5.88 Å². The lowest BCUT2D eigenvalue weighted by molar-refractivity contribution is 0.382. The van der Waals surface area contributed by atoms with Crippen LogP contribution < -0.4 is 10.2 Å². The van der Waals surface area contributed by atoms with Gasteiger partial charge in [0, 0.05) is 23.9 Å². The van der Waals surface area contributed by atoms with Crippen LogP contribution in [0, 0.1) is 0 Å². The molecular formula is C24H24F4N2O2. The van der Waals surface area contributed by atoms with Gasteiger partial charge in [0.05, 0.1) is 17.4 Å². The summed E-state index contributed by atoms with van der Waals surface area (Å²) in [4.78, 5) is 12.3. The van der Waals surface area contributed by atoms with Gasteiger partial charge < -0.3 is 4.74 Å². The van der Waals surface area contributed by atoms with Crippen LogP contribution in [0.4, 0.5) is 17.6 Å². The standard InChI is InChI=1S/C22H18F4N2O2.C2H6/c1-3-16(25)20(8-6-13-24)30-21-10-9-18-22(19(29)11-14-28(18)27-21)15(2)17(26)7-4-5-12-23;1-2/h3-11,13-14H,2,12H2,1H3;1-2H3/b5-4-,13-6+,16-3+,17-7+,20-8+;. The number of hydrogen-bond acceptors (Lipinski definition) is 3. The maximum Gasteiger partial charge on any atom is 0.237 e. The molecule has 0 bridgehead atoms. The molecule has 0 aliphatic rings. The van der Waals surface area contributed by atoms with Crippen molar-refractivity contribution < 1.29 is 22.3 Å². The molecular weight excluding hydrogens is 424 g/mol. The summed E-state index contributed by atoms with van der Waals surface area (Å²) in [6, 6.07) is 3.92. The van der Waals surface area contributed by atoms with Gasteiger partial charge >= 0.3 is 0 Å². The molecule has 32 heavy (non-hydrogen) atoms. The number of fused-ring (bicyclic) bond motifs is 1. The van der Waals surface area contributed by atoms with E-state index in [0.29, 0.717) is 0 Å². The van der Waals surface area contributed by atoms with E-state index < -0.39 is 23.8 Å². The number of aromatic nitrogens is 2. The van der Waals surface area contributed by atoms with E-state index in [-0.39, 0.29) is 34.6 Å². The Morgan fingerprint density at radius 1 is 1.16 bits per heavy atom. The van der Waals surface area contributed by atoms with Gasteiger partial charge in [-0.05, 0) is 37.3 Å². The number of alkyl halides is 1. The average molecular weight is 448 g/mol. The minimum Gasteiger partial charge on any atom is -0.435 e. The van der Waals surface area contributed by atoms with Gasteiger partial charge in [-0.2, -0.15) is 0 Å². The molecule has 0 atom stereocenters. The minimum atomic E-state index is -0.816. The predicted molar refractivity (Wildman–Crippen MR) is 120 cm³/mol. The molecule has 8 heteroatoms. The van der Waals surface area contributed by atoms with Crippen molar-refractivity contribution in [3.63, 3.8) is 0 Å². The molecule has 0 aromatic carbocycles. The smallest absolute Gasteiger partial charge is 0.237 e. The van der Waals surface area contributed by atoms with Crippen LogP contribution >= 0.6 is 0 Å². The SMILES string of the molecule is C=C(/C(F)=C\C=C/CF)c1c(=O)ccn2nc(OC(=C/C=C/F)/C(F)=C\C)ccc12.CC. The third-order valence-corrected chi connectivity index (χ3v) is 3.79. The van der Waals surface area contributed by atoms with E-state index in [1.165, 1.54) is 35.8 Å². The molecule has 4 nitrogen and oxygen atoms in total. The van der Waals surface area contributed by atoms with Crippen LogP contribution in [0.2, 0.25) is 0 Å². The fourth-order valence-electron chi connectivity index (χ4n) is 2.40. The van der Waals surface area contributed by atoms with Gasteiger partial charge in [-0.15, -0.1) is 5.10 Å². The first-order chi connectivity index (χ1) is 15.4. The van der Waals surface area contributed by atoms with Gasteiger partial charge in [-0.1, -0.05) is 32.6 Å². The number of pyridine rings is 1. The van der Waals surface area contributed by atoms with E-state index in [0.717, 1.165) is 36.4 Å². The summed E-state index contributed by atoms with van der Waals surface area (Å²) in [6.45, 7) is 8.28. The van der Waals surface area contributed by atoms with Crippen molar-refractivity contribution in [1.29, 1.82) is 0 Å². The van der Waals surface area contributed by atoms with Crippen LogP contribution in [0.25, 0.3) is 11.1 Å². The number of hydrogen-bond donors (Lipinski definition) is 0. The molecule has 0 saturated heterocycles. The maximum atomic E-state index is 14.3. The van der Waals surface area contributed by atoms with Gasteiger partial charge in [0.15, 0.2) is 17.0 Å². The first kappa shape index (κ1) is 26.4. The van der Waals surface area contributed by atoms with Gasteiger partial charge in [-0.3, -0.25) is 4.79 Å². The zero-order valence-electron chi connectivity index (χ0n) is 18.0. The summed E-state index contributed by atoms with van der Waals surface area (Å²) in [7, 11) is 0. The molecule has 0 aliphatic heterocycles. The summed E-state index contributed by atoms with van der Waals surface area (Å²) in [5.74, 6) is -1.89. The van der Waals surface area contributed by atoms with Crippen LogP contribution in [0.1, 0.15) is 26.3 Å². The molecule has 0 radical (unpaired) electrons. The second-order valence-electron chi connectivity index (χ2n) is 5.72. The highest BCUT2D eigenvalue weighted by molar-refractivity contribution is 5.84. The number of ether oxygens (including phenoxy) is 1. The van der Waals surface area contributed by atoms with Crippen molar-refractivity contribution in [2.75, 3.05) is 6.67 Å². The lowest BCUT2D eigenvalue weighted by Crippen LogP contribution is -2.12. The number of allylic oxidation sites excluding steroid dienone is 9. The van der Waals surface area contributed by atoms with Gasteiger partial charge in [0.25, 0.3) is 0 Å². The van der Waals surface area contributed by atoms with Crippen LogP contribution in [0.15, 0.2) is 96.0 Å². The Balaban J connectivity index is 0.00000249. The summed E-state index contributed by atoms with van der Waals surface area (Å²) in [6.07, 6.45) is 7.95. The minimum absolute atomic E-state index is 0.0466. The van der Waals surface area contributed by atoms with Crippen molar-refractivity contribution in [3.05, 3.63) is 107 Å². The Hall–Kier alpha value is -3.68. The Labute approximate surface area is 183 Å². The Morgan fingerprint density at radius 2 is 1.88 bits per heavy atom. The van der Waals surface area contributed by atoms with Crippen LogP contribution in [-0.4, -0.2) is 16.3 Å². The summed E-state index contributed by atoms with van der Waals surface area (Å²) >= 11 is 0.